The van der Waals surface area contributed by atoms with Crippen molar-refractivity contribution in [3.05, 3.63) is 69.8 Å². The van der Waals surface area contributed by atoms with Crippen molar-refractivity contribution in [3.8, 4) is 0 Å². The molecular formula is C18H19BrN2. The van der Waals surface area contributed by atoms with E-state index in [4.69, 9.17) is 5.73 Å². The van der Waals surface area contributed by atoms with Gasteiger partial charge in [-0.3, -0.25) is 0 Å². The van der Waals surface area contributed by atoms with Crippen LogP contribution >= 0.6 is 15.9 Å². The molecule has 1 unspecified atom stereocenters. The third-order valence-corrected chi connectivity index (χ3v) is 4.46. The average molecular weight is 343 g/mol. The zero-order valence-electron chi connectivity index (χ0n) is 12.1. The summed E-state index contributed by atoms with van der Waals surface area (Å²) in [4.78, 5) is 3.36. The largest absolute Gasteiger partial charge is 0.361 e. The molecule has 3 aromatic rings. The Bertz CT molecular complexity index is 761. The molecule has 0 saturated carbocycles. The molecule has 0 saturated heterocycles. The number of nitrogens with one attached hydrogen (secondary N) is 1. The van der Waals surface area contributed by atoms with E-state index in [2.05, 4.69) is 76.5 Å². The molecule has 108 valence electrons. The van der Waals surface area contributed by atoms with Crippen molar-refractivity contribution in [2.45, 2.75) is 19.3 Å². The van der Waals surface area contributed by atoms with Gasteiger partial charge in [0.1, 0.15) is 0 Å². The van der Waals surface area contributed by atoms with Crippen molar-refractivity contribution in [3.63, 3.8) is 0 Å². The highest BCUT2D eigenvalue weighted by Gasteiger charge is 2.15. The van der Waals surface area contributed by atoms with Gasteiger partial charge < -0.3 is 10.7 Å². The number of aromatic amines is 1. The van der Waals surface area contributed by atoms with E-state index in [1.807, 2.05) is 0 Å². The second-order valence-electron chi connectivity index (χ2n) is 5.56. The predicted octanol–water partition coefficient (Wildman–Crippen LogP) is 4.52. The quantitative estimate of drug-likeness (QED) is 0.718. The van der Waals surface area contributed by atoms with Gasteiger partial charge in [-0.2, -0.15) is 0 Å². The zero-order chi connectivity index (χ0) is 14.8. The van der Waals surface area contributed by atoms with Crippen LogP contribution in [0.1, 0.15) is 22.6 Å². The van der Waals surface area contributed by atoms with E-state index in [0.717, 1.165) is 10.9 Å². The predicted molar refractivity (Wildman–Crippen MR) is 92.7 cm³/mol. The number of rotatable bonds is 4. The van der Waals surface area contributed by atoms with Gasteiger partial charge in [0.25, 0.3) is 0 Å². The number of aryl methyl sites for hydroxylation is 1. The minimum atomic E-state index is 0.329. The first-order valence-electron chi connectivity index (χ1n) is 7.19. The number of hydrogen-bond acceptors (Lipinski definition) is 1. The average Bonchev–Trinajstić information content (AvgIpc) is 2.88. The molecule has 0 aliphatic rings. The van der Waals surface area contributed by atoms with E-state index in [-0.39, 0.29) is 0 Å². The van der Waals surface area contributed by atoms with Crippen LogP contribution < -0.4 is 5.73 Å². The minimum Gasteiger partial charge on any atom is -0.361 e. The molecule has 0 aliphatic heterocycles. The Hall–Kier alpha value is -1.58. The van der Waals surface area contributed by atoms with Gasteiger partial charge >= 0.3 is 0 Å². The lowest BCUT2D eigenvalue weighted by molar-refractivity contribution is 0.699. The topological polar surface area (TPSA) is 41.8 Å². The van der Waals surface area contributed by atoms with Crippen LogP contribution in [0, 0.1) is 6.92 Å². The molecule has 0 aliphatic carbocycles. The summed E-state index contributed by atoms with van der Waals surface area (Å²) in [6, 6.07) is 15.0. The molecule has 0 bridgehead atoms. The van der Waals surface area contributed by atoms with Crippen LogP contribution in [0.4, 0.5) is 0 Å². The highest BCUT2D eigenvalue weighted by atomic mass is 79.9. The summed E-state index contributed by atoms with van der Waals surface area (Å²) in [5, 5.41) is 1.29. The molecule has 1 heterocycles. The third-order valence-electron chi connectivity index (χ3n) is 3.96. The van der Waals surface area contributed by atoms with E-state index in [1.54, 1.807) is 0 Å². The standard InChI is InChI=1S/C18H19BrN2/c1-12-5-6-18-16(7-12)17(11-21-18)14(10-20)8-13-3-2-4-15(19)9-13/h2-7,9,11,14,21H,8,10,20H2,1H3. The fraction of sp³-hybridized carbons (Fsp3) is 0.222. The Morgan fingerprint density at radius 1 is 1.19 bits per heavy atom. The second kappa shape index (κ2) is 6.04. The van der Waals surface area contributed by atoms with Crippen molar-refractivity contribution in [1.82, 2.24) is 4.98 Å². The molecule has 2 aromatic carbocycles. The van der Waals surface area contributed by atoms with E-state index in [9.17, 15) is 0 Å². The maximum Gasteiger partial charge on any atom is 0.0457 e. The summed E-state index contributed by atoms with van der Waals surface area (Å²) >= 11 is 3.53. The van der Waals surface area contributed by atoms with E-state index in [0.29, 0.717) is 12.5 Å². The molecule has 0 radical (unpaired) electrons. The van der Waals surface area contributed by atoms with Crippen LogP contribution in [0.15, 0.2) is 53.1 Å². The van der Waals surface area contributed by atoms with Gasteiger partial charge in [-0.25, -0.2) is 0 Å². The summed E-state index contributed by atoms with van der Waals surface area (Å²) in [7, 11) is 0. The number of halogens is 1. The van der Waals surface area contributed by atoms with Crippen LogP contribution in [0.3, 0.4) is 0 Å². The molecule has 21 heavy (non-hydrogen) atoms. The molecule has 1 aromatic heterocycles. The minimum absolute atomic E-state index is 0.329. The SMILES string of the molecule is Cc1ccc2[nH]cc(C(CN)Cc3cccc(Br)c3)c2c1. The lowest BCUT2D eigenvalue weighted by atomic mass is 9.91. The van der Waals surface area contributed by atoms with Gasteiger partial charge in [-0.1, -0.05) is 39.7 Å². The highest BCUT2D eigenvalue weighted by Crippen LogP contribution is 2.29. The first-order chi connectivity index (χ1) is 10.2. The Labute approximate surface area is 133 Å². The summed E-state index contributed by atoms with van der Waals surface area (Å²) < 4.78 is 1.12. The molecule has 0 fully saturated rings. The monoisotopic (exact) mass is 342 g/mol. The fourth-order valence-corrected chi connectivity index (χ4v) is 3.31. The van der Waals surface area contributed by atoms with Crippen LogP contribution in [-0.4, -0.2) is 11.5 Å². The maximum atomic E-state index is 6.05. The van der Waals surface area contributed by atoms with Crippen molar-refractivity contribution in [2.75, 3.05) is 6.54 Å². The van der Waals surface area contributed by atoms with Crippen molar-refractivity contribution in [1.29, 1.82) is 0 Å². The fourth-order valence-electron chi connectivity index (χ4n) is 2.86. The van der Waals surface area contributed by atoms with E-state index in [1.165, 1.54) is 27.6 Å². The molecule has 0 spiro atoms. The number of aromatic nitrogens is 1. The van der Waals surface area contributed by atoms with Gasteiger partial charge in [-0.15, -0.1) is 0 Å². The Balaban J connectivity index is 1.96. The Morgan fingerprint density at radius 2 is 2.05 bits per heavy atom. The van der Waals surface area contributed by atoms with Crippen molar-refractivity contribution < 1.29 is 0 Å². The van der Waals surface area contributed by atoms with Crippen molar-refractivity contribution in [2.24, 2.45) is 5.73 Å². The van der Waals surface area contributed by atoms with E-state index >= 15 is 0 Å². The number of H-pyrrole nitrogens is 1. The first-order valence-corrected chi connectivity index (χ1v) is 7.99. The van der Waals surface area contributed by atoms with Crippen molar-refractivity contribution >= 4 is 26.8 Å². The van der Waals surface area contributed by atoms with Gasteiger partial charge in [0.05, 0.1) is 0 Å². The van der Waals surface area contributed by atoms with Crippen LogP contribution in [-0.2, 0) is 6.42 Å². The molecule has 3 N–H and O–H groups in total. The summed E-state index contributed by atoms with van der Waals surface area (Å²) in [5.74, 6) is 0.329. The Morgan fingerprint density at radius 3 is 2.81 bits per heavy atom. The second-order valence-corrected chi connectivity index (χ2v) is 6.48. The number of benzene rings is 2. The van der Waals surface area contributed by atoms with Gasteiger partial charge in [0.2, 0.25) is 0 Å². The first kappa shape index (κ1) is 14.4. The van der Waals surface area contributed by atoms with Gasteiger partial charge in [-0.05, 0) is 55.3 Å². The molecule has 3 heteroatoms. The van der Waals surface area contributed by atoms with Crippen LogP contribution in [0.2, 0.25) is 0 Å². The smallest absolute Gasteiger partial charge is 0.0457 e. The lowest BCUT2D eigenvalue weighted by Gasteiger charge is -2.15. The van der Waals surface area contributed by atoms with Crippen LogP contribution in [0.25, 0.3) is 10.9 Å². The summed E-state index contributed by atoms with van der Waals surface area (Å²) in [5.41, 5.74) is 11.1. The normalized spacial score (nSPS) is 12.7. The molecule has 0 amide bonds. The molecule has 2 nitrogen and oxygen atoms in total. The zero-order valence-corrected chi connectivity index (χ0v) is 13.7. The third kappa shape index (κ3) is 3.04. The van der Waals surface area contributed by atoms with Gasteiger partial charge in [0.15, 0.2) is 0 Å². The number of hydrogen-bond donors (Lipinski definition) is 2. The molecular weight excluding hydrogens is 324 g/mol. The van der Waals surface area contributed by atoms with Gasteiger partial charge in [0, 0.05) is 27.5 Å². The van der Waals surface area contributed by atoms with Crippen LogP contribution in [0.5, 0.6) is 0 Å². The number of nitrogens with two attached hydrogens (primary N) is 1. The Kier molecular flexibility index (Phi) is 4.13. The molecule has 1 atom stereocenters. The highest BCUT2D eigenvalue weighted by molar-refractivity contribution is 9.10. The van der Waals surface area contributed by atoms with E-state index < -0.39 is 0 Å². The summed E-state index contributed by atoms with van der Waals surface area (Å²) in [6.45, 7) is 2.77. The molecule has 3 rings (SSSR count). The summed E-state index contributed by atoms with van der Waals surface area (Å²) in [6.07, 6.45) is 3.07. The maximum absolute atomic E-state index is 6.05. The lowest BCUT2D eigenvalue weighted by Crippen LogP contribution is -2.14. The number of fused-ring (bicyclic) bond motifs is 1.